The molecular formula is C19H22N4O3. The topological polar surface area (TPSA) is 96.3 Å². The van der Waals surface area contributed by atoms with Crippen molar-refractivity contribution in [3.63, 3.8) is 0 Å². The SMILES string of the molecule is C=C1NC(=O)NC1(CNC(=O)c1cnc(-c2ccccc2)o1)C(C)(C)C. The monoisotopic (exact) mass is 354 g/mol. The number of rotatable bonds is 4. The van der Waals surface area contributed by atoms with Gasteiger partial charge in [0.1, 0.15) is 5.54 Å². The summed E-state index contributed by atoms with van der Waals surface area (Å²) in [6.07, 6.45) is 1.39. The number of hydrogen-bond acceptors (Lipinski definition) is 4. The zero-order chi connectivity index (χ0) is 18.9. The fourth-order valence-electron chi connectivity index (χ4n) is 2.99. The second-order valence-corrected chi connectivity index (χ2v) is 7.29. The Labute approximate surface area is 151 Å². The number of benzene rings is 1. The molecule has 136 valence electrons. The fourth-order valence-corrected chi connectivity index (χ4v) is 2.99. The Morgan fingerprint density at radius 2 is 2.00 bits per heavy atom. The highest BCUT2D eigenvalue weighted by atomic mass is 16.4. The van der Waals surface area contributed by atoms with Gasteiger partial charge in [-0.05, 0) is 17.5 Å². The third-order valence-electron chi connectivity index (χ3n) is 4.65. The lowest BCUT2D eigenvalue weighted by Gasteiger charge is -2.41. The van der Waals surface area contributed by atoms with E-state index in [1.54, 1.807) is 0 Å². The molecule has 0 bridgehead atoms. The number of urea groups is 1. The summed E-state index contributed by atoms with van der Waals surface area (Å²) >= 11 is 0. The molecule has 2 aromatic rings. The summed E-state index contributed by atoms with van der Waals surface area (Å²) in [4.78, 5) is 28.4. The molecule has 26 heavy (non-hydrogen) atoms. The molecule has 0 saturated carbocycles. The van der Waals surface area contributed by atoms with Crippen molar-refractivity contribution in [1.82, 2.24) is 20.9 Å². The maximum absolute atomic E-state index is 12.5. The maximum atomic E-state index is 12.5. The molecule has 3 rings (SSSR count). The summed E-state index contributed by atoms with van der Waals surface area (Å²) in [5, 5.41) is 8.37. The number of carbonyl (C=O) groups excluding carboxylic acids is 2. The molecule has 1 fully saturated rings. The molecular weight excluding hydrogens is 332 g/mol. The van der Waals surface area contributed by atoms with Crippen LogP contribution in [0.1, 0.15) is 31.3 Å². The average molecular weight is 354 g/mol. The van der Waals surface area contributed by atoms with Crippen LogP contribution < -0.4 is 16.0 Å². The summed E-state index contributed by atoms with van der Waals surface area (Å²) < 4.78 is 5.56. The highest BCUT2D eigenvalue weighted by molar-refractivity contribution is 5.92. The zero-order valence-electron chi connectivity index (χ0n) is 15.1. The number of carbonyl (C=O) groups is 2. The minimum Gasteiger partial charge on any atom is -0.431 e. The van der Waals surface area contributed by atoms with Gasteiger partial charge in [-0.3, -0.25) is 4.79 Å². The van der Waals surface area contributed by atoms with Gasteiger partial charge in [-0.1, -0.05) is 45.5 Å². The third-order valence-corrected chi connectivity index (χ3v) is 4.65. The van der Waals surface area contributed by atoms with Gasteiger partial charge in [0.05, 0.1) is 6.20 Å². The molecule has 1 aromatic carbocycles. The molecule has 3 N–H and O–H groups in total. The molecule has 0 radical (unpaired) electrons. The average Bonchev–Trinajstić information content (AvgIpc) is 3.18. The van der Waals surface area contributed by atoms with Crippen LogP contribution in [0.4, 0.5) is 4.79 Å². The van der Waals surface area contributed by atoms with Crippen LogP contribution in [0.25, 0.3) is 11.5 Å². The summed E-state index contributed by atoms with van der Waals surface area (Å²) in [6.45, 7) is 10.0. The van der Waals surface area contributed by atoms with Crippen LogP contribution in [-0.2, 0) is 0 Å². The number of hydrogen-bond donors (Lipinski definition) is 3. The Hall–Kier alpha value is -3.09. The van der Waals surface area contributed by atoms with E-state index in [0.717, 1.165) is 5.56 Å². The lowest BCUT2D eigenvalue weighted by Crippen LogP contribution is -2.59. The van der Waals surface area contributed by atoms with Crippen molar-refractivity contribution in [2.45, 2.75) is 26.3 Å². The Kier molecular flexibility index (Phi) is 4.31. The van der Waals surface area contributed by atoms with E-state index >= 15 is 0 Å². The van der Waals surface area contributed by atoms with Crippen LogP contribution in [0, 0.1) is 5.41 Å². The zero-order valence-corrected chi connectivity index (χ0v) is 15.1. The van der Waals surface area contributed by atoms with Crippen molar-refractivity contribution in [3.8, 4) is 11.5 Å². The van der Waals surface area contributed by atoms with Crippen LogP contribution in [0.5, 0.6) is 0 Å². The number of oxazole rings is 1. The van der Waals surface area contributed by atoms with E-state index in [1.165, 1.54) is 6.20 Å². The van der Waals surface area contributed by atoms with Crippen molar-refractivity contribution in [3.05, 3.63) is 54.6 Å². The van der Waals surface area contributed by atoms with Crippen molar-refractivity contribution in [2.75, 3.05) is 6.54 Å². The Morgan fingerprint density at radius 1 is 1.31 bits per heavy atom. The molecule has 1 atom stereocenters. The van der Waals surface area contributed by atoms with Gasteiger partial charge in [-0.25, -0.2) is 9.78 Å². The van der Waals surface area contributed by atoms with Crippen LogP contribution in [0.15, 0.2) is 53.2 Å². The molecule has 1 aliphatic heterocycles. The van der Waals surface area contributed by atoms with Gasteiger partial charge in [0, 0.05) is 17.8 Å². The van der Waals surface area contributed by atoms with E-state index in [2.05, 4.69) is 27.5 Å². The number of amides is 3. The lowest BCUT2D eigenvalue weighted by molar-refractivity contribution is 0.0898. The molecule has 7 nitrogen and oxygen atoms in total. The number of nitrogens with one attached hydrogen (secondary N) is 3. The van der Waals surface area contributed by atoms with Gasteiger partial charge in [-0.15, -0.1) is 0 Å². The highest BCUT2D eigenvalue weighted by Crippen LogP contribution is 2.37. The van der Waals surface area contributed by atoms with Gasteiger partial charge in [0.2, 0.25) is 11.7 Å². The van der Waals surface area contributed by atoms with Gasteiger partial charge in [0.25, 0.3) is 5.91 Å². The third kappa shape index (κ3) is 3.08. The van der Waals surface area contributed by atoms with Gasteiger partial charge in [-0.2, -0.15) is 0 Å². The molecule has 7 heteroatoms. The van der Waals surface area contributed by atoms with Gasteiger partial charge >= 0.3 is 6.03 Å². The first kappa shape index (κ1) is 17.7. The summed E-state index contributed by atoms with van der Waals surface area (Å²) in [6, 6.07) is 9.01. The molecule has 3 amide bonds. The Balaban J connectivity index is 1.75. The van der Waals surface area contributed by atoms with Crippen molar-refractivity contribution in [2.24, 2.45) is 5.41 Å². The smallest absolute Gasteiger partial charge is 0.319 e. The van der Waals surface area contributed by atoms with Crippen molar-refractivity contribution >= 4 is 11.9 Å². The van der Waals surface area contributed by atoms with Crippen LogP contribution in [0.2, 0.25) is 0 Å². The number of nitrogens with zero attached hydrogens (tertiary/aromatic N) is 1. The summed E-state index contributed by atoms with van der Waals surface area (Å²) in [7, 11) is 0. The molecule has 1 aliphatic rings. The second-order valence-electron chi connectivity index (χ2n) is 7.29. The van der Waals surface area contributed by atoms with E-state index in [4.69, 9.17) is 4.42 Å². The van der Waals surface area contributed by atoms with Crippen molar-refractivity contribution in [1.29, 1.82) is 0 Å². The van der Waals surface area contributed by atoms with E-state index < -0.39 is 11.4 Å². The standard InChI is InChI=1S/C19H22N4O3/c1-12-19(18(2,3)4,23-17(25)22-12)11-21-15(24)14-10-20-16(26-14)13-8-6-5-7-9-13/h5-10H,1,11H2,2-4H3,(H,21,24)(H2,22,23,25). The molecule has 1 unspecified atom stereocenters. The second kappa shape index (κ2) is 6.33. The normalized spacial score (nSPS) is 19.8. The number of aromatic nitrogens is 1. The van der Waals surface area contributed by atoms with Crippen LogP contribution >= 0.6 is 0 Å². The minimum atomic E-state index is -0.804. The molecule has 0 spiro atoms. The fraction of sp³-hybridized carbons (Fsp3) is 0.316. The Morgan fingerprint density at radius 3 is 2.58 bits per heavy atom. The van der Waals surface area contributed by atoms with Gasteiger partial charge < -0.3 is 20.4 Å². The van der Waals surface area contributed by atoms with E-state index in [-0.39, 0.29) is 23.8 Å². The van der Waals surface area contributed by atoms with E-state index in [1.807, 2.05) is 51.1 Å². The summed E-state index contributed by atoms with van der Waals surface area (Å²) in [5.41, 5.74) is 0.144. The molecule has 1 aromatic heterocycles. The quantitative estimate of drug-likeness (QED) is 0.786. The van der Waals surface area contributed by atoms with Crippen molar-refractivity contribution < 1.29 is 14.0 Å². The first-order valence-electron chi connectivity index (χ1n) is 8.31. The lowest BCUT2D eigenvalue weighted by atomic mass is 9.72. The minimum absolute atomic E-state index is 0.107. The first-order valence-corrected chi connectivity index (χ1v) is 8.31. The van der Waals surface area contributed by atoms with E-state index in [9.17, 15) is 9.59 Å². The van der Waals surface area contributed by atoms with E-state index in [0.29, 0.717) is 11.6 Å². The maximum Gasteiger partial charge on any atom is 0.319 e. The predicted octanol–water partition coefficient (Wildman–Crippen LogP) is 2.68. The largest absolute Gasteiger partial charge is 0.431 e. The molecule has 2 heterocycles. The predicted molar refractivity (Wildman–Crippen MR) is 97.3 cm³/mol. The molecule has 1 saturated heterocycles. The Bertz CT molecular complexity index is 851. The molecule has 0 aliphatic carbocycles. The van der Waals surface area contributed by atoms with Crippen LogP contribution in [-0.4, -0.2) is 29.0 Å². The first-order chi connectivity index (χ1) is 12.2. The van der Waals surface area contributed by atoms with Crippen LogP contribution in [0.3, 0.4) is 0 Å². The highest BCUT2D eigenvalue weighted by Gasteiger charge is 2.50. The van der Waals surface area contributed by atoms with Gasteiger partial charge in [0.15, 0.2) is 0 Å². The summed E-state index contributed by atoms with van der Waals surface area (Å²) in [5.74, 6) is 0.0783.